The molecule has 0 spiro atoms. The van der Waals surface area contributed by atoms with Crippen molar-refractivity contribution in [2.75, 3.05) is 26.2 Å². The van der Waals surface area contributed by atoms with Crippen molar-refractivity contribution in [3.63, 3.8) is 0 Å². The third kappa shape index (κ3) is 5.66. The van der Waals surface area contributed by atoms with Crippen molar-refractivity contribution in [3.05, 3.63) is 33.8 Å². The first-order valence-corrected chi connectivity index (χ1v) is 9.17. The maximum atomic E-state index is 11.7. The van der Waals surface area contributed by atoms with Crippen LogP contribution < -0.4 is 0 Å². The Morgan fingerprint density at radius 3 is 2.57 bits per heavy atom. The molecule has 1 aromatic rings. The highest BCUT2D eigenvalue weighted by molar-refractivity contribution is 6.35. The fraction of sp³-hybridized carbons (Fsp3) is 0.611. The molecule has 0 saturated carbocycles. The molecule has 1 amide bonds. The number of hydrogen-bond donors (Lipinski definition) is 0. The maximum Gasteiger partial charge on any atom is 0.219 e. The number of nitrogens with zero attached hydrogens (tertiary/aromatic N) is 2. The van der Waals surface area contributed by atoms with Crippen LogP contribution >= 0.6 is 23.2 Å². The monoisotopic (exact) mass is 356 g/mol. The zero-order valence-electron chi connectivity index (χ0n) is 14.0. The number of amides is 1. The second-order valence-corrected chi connectivity index (χ2v) is 7.26. The lowest BCUT2D eigenvalue weighted by molar-refractivity contribution is -0.129. The summed E-state index contributed by atoms with van der Waals surface area (Å²) in [4.78, 5) is 16.1. The van der Waals surface area contributed by atoms with Gasteiger partial charge in [-0.15, -0.1) is 0 Å². The Kier molecular flexibility index (Phi) is 7.19. The number of likely N-dealkylation sites (tertiary alicyclic amines) is 1. The summed E-state index contributed by atoms with van der Waals surface area (Å²) in [6, 6.07) is 5.71. The summed E-state index contributed by atoms with van der Waals surface area (Å²) in [5.74, 6) is 0.810. The number of carbonyl (C=O) groups is 1. The Morgan fingerprint density at radius 2 is 2.00 bits per heavy atom. The Hall–Kier alpha value is -0.770. The van der Waals surface area contributed by atoms with E-state index >= 15 is 0 Å². The first-order valence-electron chi connectivity index (χ1n) is 8.41. The van der Waals surface area contributed by atoms with Crippen molar-refractivity contribution in [2.45, 2.75) is 39.7 Å². The molecule has 0 atom stereocenters. The molecule has 2 rings (SSSR count). The molecule has 1 aliphatic rings. The van der Waals surface area contributed by atoms with Crippen molar-refractivity contribution in [1.29, 1.82) is 0 Å². The molecule has 128 valence electrons. The summed E-state index contributed by atoms with van der Waals surface area (Å²) in [6.45, 7) is 8.55. The number of rotatable bonds is 6. The maximum absolute atomic E-state index is 11.7. The fourth-order valence-electron chi connectivity index (χ4n) is 3.18. The van der Waals surface area contributed by atoms with Crippen LogP contribution in [0.2, 0.25) is 10.0 Å². The molecule has 1 saturated heterocycles. The quantitative estimate of drug-likeness (QED) is 0.750. The summed E-state index contributed by atoms with van der Waals surface area (Å²) >= 11 is 12.2. The largest absolute Gasteiger partial charge is 0.343 e. The highest BCUT2D eigenvalue weighted by Crippen LogP contribution is 2.25. The van der Waals surface area contributed by atoms with Gasteiger partial charge < -0.3 is 4.90 Å². The van der Waals surface area contributed by atoms with Gasteiger partial charge in [0.1, 0.15) is 0 Å². The van der Waals surface area contributed by atoms with E-state index in [0.29, 0.717) is 10.9 Å². The van der Waals surface area contributed by atoms with Crippen LogP contribution in [0, 0.1) is 5.92 Å². The second kappa shape index (κ2) is 8.91. The van der Waals surface area contributed by atoms with Crippen molar-refractivity contribution < 1.29 is 4.79 Å². The summed E-state index contributed by atoms with van der Waals surface area (Å²) in [6.07, 6.45) is 3.30. The highest BCUT2D eigenvalue weighted by Gasteiger charge is 2.22. The minimum atomic E-state index is 0.197. The van der Waals surface area contributed by atoms with Crippen molar-refractivity contribution >= 4 is 29.1 Å². The third-order valence-corrected chi connectivity index (χ3v) is 5.12. The minimum Gasteiger partial charge on any atom is -0.343 e. The van der Waals surface area contributed by atoms with Gasteiger partial charge in [0.25, 0.3) is 0 Å². The van der Waals surface area contributed by atoms with Gasteiger partial charge in [0.2, 0.25) is 5.91 Å². The van der Waals surface area contributed by atoms with Crippen LogP contribution in [0.3, 0.4) is 0 Å². The lowest BCUT2D eigenvalue weighted by atomic mass is 9.95. The van der Waals surface area contributed by atoms with E-state index in [1.54, 1.807) is 13.0 Å². The van der Waals surface area contributed by atoms with Gasteiger partial charge in [-0.05, 0) is 56.0 Å². The molecule has 3 nitrogen and oxygen atoms in total. The molecule has 0 radical (unpaired) electrons. The molecule has 23 heavy (non-hydrogen) atoms. The topological polar surface area (TPSA) is 23.6 Å². The van der Waals surface area contributed by atoms with Crippen LogP contribution in [0.15, 0.2) is 18.2 Å². The molecule has 1 fully saturated rings. The van der Waals surface area contributed by atoms with E-state index in [2.05, 4.69) is 11.8 Å². The van der Waals surface area contributed by atoms with Gasteiger partial charge in [0, 0.05) is 36.6 Å². The van der Waals surface area contributed by atoms with Gasteiger partial charge >= 0.3 is 0 Å². The van der Waals surface area contributed by atoms with Gasteiger partial charge in [0.05, 0.1) is 0 Å². The zero-order chi connectivity index (χ0) is 16.8. The van der Waals surface area contributed by atoms with E-state index in [-0.39, 0.29) is 5.91 Å². The standard InChI is InChI=1S/C18H26Cl2N2O/c1-3-8-22(14(2)23)12-15-6-9-21(10-7-15)13-16-4-5-17(19)11-18(16)20/h4-5,11,15H,3,6-10,12-13H2,1-2H3. The Labute approximate surface area is 149 Å². The van der Waals surface area contributed by atoms with Crippen LogP contribution in [-0.4, -0.2) is 41.9 Å². The predicted octanol–water partition coefficient (Wildman–Crippen LogP) is 4.46. The first kappa shape index (κ1) is 18.6. The van der Waals surface area contributed by atoms with Gasteiger partial charge in [-0.1, -0.05) is 36.2 Å². The molecule has 0 aliphatic carbocycles. The molecule has 1 aliphatic heterocycles. The Morgan fingerprint density at radius 1 is 1.30 bits per heavy atom. The molecule has 1 aromatic carbocycles. The highest BCUT2D eigenvalue weighted by atomic mass is 35.5. The lowest BCUT2D eigenvalue weighted by Crippen LogP contribution is -2.40. The summed E-state index contributed by atoms with van der Waals surface area (Å²) in [5.41, 5.74) is 1.13. The SMILES string of the molecule is CCCN(CC1CCN(Cc2ccc(Cl)cc2Cl)CC1)C(C)=O. The van der Waals surface area contributed by atoms with Crippen LogP contribution in [0.4, 0.5) is 0 Å². The lowest BCUT2D eigenvalue weighted by Gasteiger charge is -2.34. The number of carbonyl (C=O) groups excluding carboxylic acids is 1. The van der Waals surface area contributed by atoms with Crippen LogP contribution in [0.25, 0.3) is 0 Å². The molecular formula is C18H26Cl2N2O. The van der Waals surface area contributed by atoms with Crippen molar-refractivity contribution in [3.8, 4) is 0 Å². The van der Waals surface area contributed by atoms with Gasteiger partial charge in [0.15, 0.2) is 0 Å². The number of piperidine rings is 1. The first-order chi connectivity index (χ1) is 11.0. The van der Waals surface area contributed by atoms with E-state index in [9.17, 15) is 4.79 Å². The Balaban J connectivity index is 1.82. The molecule has 0 unspecified atom stereocenters. The molecular weight excluding hydrogens is 331 g/mol. The second-order valence-electron chi connectivity index (χ2n) is 6.42. The van der Waals surface area contributed by atoms with Crippen LogP contribution in [-0.2, 0) is 11.3 Å². The average Bonchev–Trinajstić information content (AvgIpc) is 2.51. The summed E-state index contributed by atoms with van der Waals surface area (Å²) in [7, 11) is 0. The van der Waals surface area contributed by atoms with Gasteiger partial charge in [-0.3, -0.25) is 9.69 Å². The van der Waals surface area contributed by atoms with Gasteiger partial charge in [-0.25, -0.2) is 0 Å². The van der Waals surface area contributed by atoms with E-state index in [1.165, 1.54) is 0 Å². The van der Waals surface area contributed by atoms with E-state index in [4.69, 9.17) is 23.2 Å². The molecule has 5 heteroatoms. The summed E-state index contributed by atoms with van der Waals surface area (Å²) < 4.78 is 0. The Bertz CT molecular complexity index is 528. The molecule has 0 aromatic heterocycles. The van der Waals surface area contributed by atoms with Crippen LogP contribution in [0.1, 0.15) is 38.7 Å². The van der Waals surface area contributed by atoms with Crippen molar-refractivity contribution in [2.24, 2.45) is 5.92 Å². The third-order valence-electron chi connectivity index (χ3n) is 4.53. The number of benzene rings is 1. The van der Waals surface area contributed by atoms with Gasteiger partial charge in [-0.2, -0.15) is 0 Å². The minimum absolute atomic E-state index is 0.197. The molecule has 1 heterocycles. The summed E-state index contributed by atoms with van der Waals surface area (Å²) in [5, 5.41) is 1.42. The molecule has 0 bridgehead atoms. The fourth-order valence-corrected chi connectivity index (χ4v) is 3.65. The molecule has 0 N–H and O–H groups in total. The van der Waals surface area contributed by atoms with Crippen molar-refractivity contribution in [1.82, 2.24) is 9.80 Å². The normalized spacial score (nSPS) is 16.5. The average molecular weight is 357 g/mol. The predicted molar refractivity (Wildman–Crippen MR) is 97.0 cm³/mol. The smallest absolute Gasteiger partial charge is 0.219 e. The zero-order valence-corrected chi connectivity index (χ0v) is 15.5. The number of halogens is 2. The van der Waals surface area contributed by atoms with E-state index < -0.39 is 0 Å². The number of hydrogen-bond acceptors (Lipinski definition) is 2. The van der Waals surface area contributed by atoms with Crippen LogP contribution in [0.5, 0.6) is 0 Å². The van der Waals surface area contributed by atoms with E-state index in [1.807, 2.05) is 17.0 Å². The van der Waals surface area contributed by atoms with E-state index in [0.717, 1.165) is 62.6 Å².